The second kappa shape index (κ2) is 10.2. The molecule has 1 N–H and O–H groups in total. The number of phenols is 1. The number of Topliss-reactive ketones (excluding diaryl/α,β-unsaturated/α-hetero) is 1. The topological polar surface area (TPSA) is 46.5 Å². The molecule has 0 aliphatic rings. The minimum Gasteiger partial charge on any atom is -0.507 e. The van der Waals surface area contributed by atoms with Gasteiger partial charge in [-0.3, -0.25) is 4.79 Å². The lowest BCUT2D eigenvalue weighted by Gasteiger charge is -2.28. The van der Waals surface area contributed by atoms with E-state index in [9.17, 15) is 9.90 Å². The van der Waals surface area contributed by atoms with E-state index in [1.807, 2.05) is 59.8 Å². The number of benzene rings is 1. The molecule has 162 valence electrons. The van der Waals surface area contributed by atoms with Gasteiger partial charge < -0.3 is 9.84 Å². The lowest BCUT2D eigenvalue weighted by atomic mass is 9.78. The molecule has 0 bridgehead atoms. The normalized spacial score (nSPS) is 12.8. The number of hydrogen-bond acceptors (Lipinski definition) is 3. The maximum atomic E-state index is 12.8. The van der Waals surface area contributed by atoms with Gasteiger partial charge in [-0.25, -0.2) is 0 Å². The highest BCUT2D eigenvalue weighted by molar-refractivity contribution is 5.98. The Balaban J connectivity index is 2.88. The minimum absolute atomic E-state index is 0.0374. The summed E-state index contributed by atoms with van der Waals surface area (Å²) in [5.41, 5.74) is 4.27. The molecule has 1 aromatic carbocycles. The lowest BCUT2D eigenvalue weighted by molar-refractivity contribution is 0.0805. The number of phenolic OH excluding ortho intramolecular Hbond substituents is 1. The van der Waals surface area contributed by atoms with E-state index in [0.717, 1.165) is 24.0 Å². The molecular formula is C26H40O3. The molecular weight excluding hydrogens is 360 g/mol. The van der Waals surface area contributed by atoms with Gasteiger partial charge >= 0.3 is 0 Å². The van der Waals surface area contributed by atoms with E-state index >= 15 is 0 Å². The summed E-state index contributed by atoms with van der Waals surface area (Å²) in [5.74, 6) is 0.231. The van der Waals surface area contributed by atoms with Crippen LogP contribution in [0.5, 0.6) is 5.75 Å². The Bertz CT molecular complexity index is 729. The van der Waals surface area contributed by atoms with Crippen molar-refractivity contribution in [2.24, 2.45) is 0 Å². The minimum atomic E-state index is -0.258. The van der Waals surface area contributed by atoms with Gasteiger partial charge in [0, 0.05) is 16.7 Å². The van der Waals surface area contributed by atoms with Crippen LogP contribution in [0.25, 0.3) is 0 Å². The summed E-state index contributed by atoms with van der Waals surface area (Å²) in [6.45, 7) is 19.0. The van der Waals surface area contributed by atoms with Crippen LogP contribution in [0.2, 0.25) is 0 Å². The predicted molar refractivity (Wildman–Crippen MR) is 123 cm³/mol. The molecule has 0 fully saturated rings. The fraction of sp³-hybridized carbons (Fsp3) is 0.577. The second-order valence-corrected chi connectivity index (χ2v) is 10.2. The summed E-state index contributed by atoms with van der Waals surface area (Å²) in [7, 11) is 0. The summed E-state index contributed by atoms with van der Waals surface area (Å²) < 4.78 is 5.63. The fourth-order valence-corrected chi connectivity index (χ4v) is 3.07. The molecule has 1 rings (SSSR count). The van der Waals surface area contributed by atoms with Crippen LogP contribution in [0, 0.1) is 0 Å². The van der Waals surface area contributed by atoms with Gasteiger partial charge in [0.15, 0.2) is 5.78 Å². The average molecular weight is 401 g/mol. The molecule has 0 radical (unpaired) electrons. The summed E-state index contributed by atoms with van der Waals surface area (Å²) in [5, 5.41) is 10.8. The first-order valence-corrected chi connectivity index (χ1v) is 10.5. The third-order valence-electron chi connectivity index (χ3n) is 4.92. The van der Waals surface area contributed by atoms with Gasteiger partial charge in [0.1, 0.15) is 12.4 Å². The number of allylic oxidation sites excluding steroid dienone is 3. The van der Waals surface area contributed by atoms with Crippen LogP contribution in [0.3, 0.4) is 0 Å². The lowest BCUT2D eigenvalue weighted by Crippen LogP contribution is -2.20. The van der Waals surface area contributed by atoms with Gasteiger partial charge in [-0.15, -0.1) is 0 Å². The molecule has 3 nitrogen and oxygen atoms in total. The Morgan fingerprint density at radius 2 is 1.48 bits per heavy atom. The van der Waals surface area contributed by atoms with Crippen LogP contribution in [0.1, 0.15) is 96.6 Å². The van der Waals surface area contributed by atoms with Crippen molar-refractivity contribution in [2.45, 2.75) is 86.0 Å². The first-order valence-electron chi connectivity index (χ1n) is 10.5. The van der Waals surface area contributed by atoms with Crippen LogP contribution in [-0.2, 0) is 15.6 Å². The molecule has 0 saturated carbocycles. The Kier molecular flexibility index (Phi) is 8.89. The number of carbonyl (C=O) groups excluding carboxylic acids is 1. The van der Waals surface area contributed by atoms with E-state index in [1.54, 1.807) is 0 Å². The van der Waals surface area contributed by atoms with E-state index in [1.165, 1.54) is 11.1 Å². The highest BCUT2D eigenvalue weighted by Crippen LogP contribution is 2.39. The molecule has 0 atom stereocenters. The smallest absolute Gasteiger partial charge is 0.188 e. The van der Waals surface area contributed by atoms with E-state index in [2.05, 4.69) is 26.8 Å². The highest BCUT2D eigenvalue weighted by Gasteiger charge is 2.27. The van der Waals surface area contributed by atoms with Crippen LogP contribution >= 0.6 is 0 Å². The maximum Gasteiger partial charge on any atom is 0.188 e. The number of aromatic hydroxyl groups is 1. The fourth-order valence-electron chi connectivity index (χ4n) is 3.07. The summed E-state index contributed by atoms with van der Waals surface area (Å²) in [6.07, 6.45) is 6.31. The highest BCUT2D eigenvalue weighted by atomic mass is 16.5. The molecule has 29 heavy (non-hydrogen) atoms. The van der Waals surface area contributed by atoms with Gasteiger partial charge in [-0.05, 0) is 56.6 Å². The van der Waals surface area contributed by atoms with Gasteiger partial charge in [0.2, 0.25) is 0 Å². The first kappa shape index (κ1) is 25.2. The molecule has 0 aromatic heterocycles. The van der Waals surface area contributed by atoms with Crippen LogP contribution in [0.15, 0.2) is 35.4 Å². The number of rotatable bonds is 8. The van der Waals surface area contributed by atoms with Crippen molar-refractivity contribution in [2.75, 3.05) is 13.2 Å². The Morgan fingerprint density at radius 3 is 1.93 bits per heavy atom. The second-order valence-electron chi connectivity index (χ2n) is 10.2. The van der Waals surface area contributed by atoms with E-state index < -0.39 is 0 Å². The monoisotopic (exact) mass is 400 g/mol. The zero-order valence-electron chi connectivity index (χ0n) is 19.9. The van der Waals surface area contributed by atoms with Crippen molar-refractivity contribution in [3.63, 3.8) is 0 Å². The van der Waals surface area contributed by atoms with E-state index in [-0.39, 0.29) is 29.0 Å². The van der Waals surface area contributed by atoms with E-state index in [0.29, 0.717) is 12.2 Å². The molecule has 0 aliphatic carbocycles. The number of hydrogen-bond donors (Lipinski definition) is 1. The third kappa shape index (κ3) is 8.18. The van der Waals surface area contributed by atoms with Crippen LogP contribution in [0.4, 0.5) is 0 Å². The molecule has 3 heteroatoms. The van der Waals surface area contributed by atoms with Crippen LogP contribution < -0.4 is 0 Å². The van der Waals surface area contributed by atoms with Gasteiger partial charge in [-0.1, -0.05) is 64.8 Å². The maximum absolute atomic E-state index is 12.8. The summed E-state index contributed by atoms with van der Waals surface area (Å²) in [4.78, 5) is 12.8. The quantitative estimate of drug-likeness (QED) is 0.294. The van der Waals surface area contributed by atoms with Crippen molar-refractivity contribution in [3.05, 3.63) is 52.1 Å². The van der Waals surface area contributed by atoms with Crippen molar-refractivity contribution in [3.8, 4) is 5.75 Å². The van der Waals surface area contributed by atoms with Crippen molar-refractivity contribution < 1.29 is 14.6 Å². The number of carbonyl (C=O) groups is 1. The molecule has 1 aromatic rings. The molecule has 0 amide bonds. The van der Waals surface area contributed by atoms with Gasteiger partial charge in [-0.2, -0.15) is 0 Å². The van der Waals surface area contributed by atoms with Gasteiger partial charge in [0.25, 0.3) is 0 Å². The molecule has 0 aliphatic heterocycles. The standard InChI is InChI=1S/C26H40O3/c1-18(2)11-10-12-19(3)13-14-29-17-23(27)20-15-21(25(4,5)6)24(28)22(16-20)26(7,8)9/h11,13,15-16,28H,10,12,14,17H2,1-9H3/b19-13+. The largest absolute Gasteiger partial charge is 0.507 e. The Labute approximate surface area is 177 Å². The zero-order chi connectivity index (χ0) is 22.4. The van der Waals surface area contributed by atoms with Crippen molar-refractivity contribution in [1.29, 1.82) is 0 Å². The molecule has 0 spiro atoms. The first-order chi connectivity index (χ1) is 13.2. The molecule has 0 heterocycles. The summed E-state index contributed by atoms with van der Waals surface area (Å²) >= 11 is 0. The molecule has 0 unspecified atom stereocenters. The number of ketones is 1. The van der Waals surface area contributed by atoms with E-state index in [4.69, 9.17) is 4.74 Å². The predicted octanol–water partition coefficient (Wildman–Crippen LogP) is 6.88. The van der Waals surface area contributed by atoms with Crippen molar-refractivity contribution >= 4 is 5.78 Å². The SMILES string of the molecule is CC(C)=CCC/C(C)=C/COCC(=O)c1cc(C(C)(C)C)c(O)c(C(C)(C)C)c1. The zero-order valence-corrected chi connectivity index (χ0v) is 19.9. The average Bonchev–Trinajstić information content (AvgIpc) is 2.56. The van der Waals surface area contributed by atoms with Crippen molar-refractivity contribution in [1.82, 2.24) is 0 Å². The Hall–Kier alpha value is -1.87. The van der Waals surface area contributed by atoms with Gasteiger partial charge in [0.05, 0.1) is 6.61 Å². The molecule has 0 saturated heterocycles. The number of ether oxygens (including phenoxy) is 1. The Morgan fingerprint density at radius 1 is 0.966 bits per heavy atom. The van der Waals surface area contributed by atoms with Crippen LogP contribution in [-0.4, -0.2) is 24.1 Å². The third-order valence-corrected chi connectivity index (χ3v) is 4.92. The summed E-state index contributed by atoms with van der Waals surface area (Å²) in [6, 6.07) is 3.63.